The SMILES string of the molecule is COc1ccc(-c2cn3ccnc(Cl)c3n2)cc1OC. The number of aromatic nitrogens is 3. The summed E-state index contributed by atoms with van der Waals surface area (Å²) in [5, 5.41) is 0.374. The van der Waals surface area contributed by atoms with Gasteiger partial charge in [0, 0.05) is 24.2 Å². The molecule has 1 aromatic carbocycles. The largest absolute Gasteiger partial charge is 0.493 e. The average molecular weight is 290 g/mol. The molecule has 2 heterocycles. The van der Waals surface area contributed by atoms with Gasteiger partial charge in [0.05, 0.1) is 19.9 Å². The van der Waals surface area contributed by atoms with E-state index in [-0.39, 0.29) is 0 Å². The van der Waals surface area contributed by atoms with E-state index >= 15 is 0 Å². The zero-order chi connectivity index (χ0) is 14.1. The van der Waals surface area contributed by atoms with Gasteiger partial charge in [-0.2, -0.15) is 0 Å². The number of ether oxygens (including phenoxy) is 2. The lowest BCUT2D eigenvalue weighted by atomic mass is 10.1. The maximum Gasteiger partial charge on any atom is 0.175 e. The number of benzene rings is 1. The van der Waals surface area contributed by atoms with Crippen molar-refractivity contribution in [3.63, 3.8) is 0 Å². The summed E-state index contributed by atoms with van der Waals surface area (Å²) in [5.41, 5.74) is 2.34. The van der Waals surface area contributed by atoms with Crippen LogP contribution in [0.5, 0.6) is 11.5 Å². The number of halogens is 1. The van der Waals surface area contributed by atoms with Crippen molar-refractivity contribution >= 4 is 17.2 Å². The van der Waals surface area contributed by atoms with Crippen molar-refractivity contribution in [2.75, 3.05) is 14.2 Å². The van der Waals surface area contributed by atoms with E-state index in [9.17, 15) is 0 Å². The van der Waals surface area contributed by atoms with Gasteiger partial charge in [-0.15, -0.1) is 0 Å². The lowest BCUT2D eigenvalue weighted by Gasteiger charge is -2.08. The van der Waals surface area contributed by atoms with Crippen LogP contribution in [-0.2, 0) is 0 Å². The second-order valence-electron chi connectivity index (χ2n) is 4.14. The normalized spacial score (nSPS) is 10.8. The lowest BCUT2D eigenvalue weighted by Crippen LogP contribution is -1.90. The minimum absolute atomic E-state index is 0.374. The Bertz CT molecular complexity index is 770. The molecule has 0 aliphatic heterocycles. The summed E-state index contributed by atoms with van der Waals surface area (Å²) in [6.07, 6.45) is 5.33. The number of rotatable bonds is 3. The molecule has 0 amide bonds. The Hall–Kier alpha value is -2.27. The number of methoxy groups -OCH3 is 2. The van der Waals surface area contributed by atoms with Gasteiger partial charge in [-0.05, 0) is 18.2 Å². The molecule has 0 fully saturated rings. The van der Waals surface area contributed by atoms with Crippen molar-refractivity contribution in [3.05, 3.63) is 41.9 Å². The highest BCUT2D eigenvalue weighted by atomic mass is 35.5. The highest BCUT2D eigenvalue weighted by molar-refractivity contribution is 6.32. The fourth-order valence-electron chi connectivity index (χ4n) is 2.02. The number of imidazole rings is 1. The summed E-state index contributed by atoms with van der Waals surface area (Å²) in [6, 6.07) is 5.64. The van der Waals surface area contributed by atoms with Crippen LogP contribution in [-0.4, -0.2) is 28.6 Å². The number of fused-ring (bicyclic) bond motifs is 1. The van der Waals surface area contributed by atoms with E-state index in [4.69, 9.17) is 21.1 Å². The van der Waals surface area contributed by atoms with Crippen molar-refractivity contribution in [3.8, 4) is 22.8 Å². The van der Waals surface area contributed by atoms with Crippen LogP contribution >= 0.6 is 11.6 Å². The minimum Gasteiger partial charge on any atom is -0.493 e. The first kappa shape index (κ1) is 12.7. The van der Waals surface area contributed by atoms with Crippen molar-refractivity contribution in [2.45, 2.75) is 0 Å². The molecule has 20 heavy (non-hydrogen) atoms. The third kappa shape index (κ3) is 2.06. The Morgan fingerprint density at radius 1 is 1.15 bits per heavy atom. The third-order valence-corrected chi connectivity index (χ3v) is 3.28. The fraction of sp³-hybridized carbons (Fsp3) is 0.143. The van der Waals surface area contributed by atoms with Crippen LogP contribution < -0.4 is 9.47 Å². The molecule has 5 nitrogen and oxygen atoms in total. The number of hydrogen-bond acceptors (Lipinski definition) is 4. The van der Waals surface area contributed by atoms with E-state index in [0.29, 0.717) is 22.3 Å². The lowest BCUT2D eigenvalue weighted by molar-refractivity contribution is 0.355. The van der Waals surface area contributed by atoms with E-state index in [1.165, 1.54) is 0 Å². The summed E-state index contributed by atoms with van der Waals surface area (Å²) in [5.74, 6) is 1.34. The minimum atomic E-state index is 0.374. The monoisotopic (exact) mass is 289 g/mol. The van der Waals surface area contributed by atoms with Crippen molar-refractivity contribution in [1.82, 2.24) is 14.4 Å². The molecule has 0 aliphatic carbocycles. The Morgan fingerprint density at radius 3 is 2.65 bits per heavy atom. The maximum absolute atomic E-state index is 6.02. The first-order valence-corrected chi connectivity index (χ1v) is 6.32. The molecular formula is C14H12ClN3O2. The second kappa shape index (κ2) is 5.02. The molecule has 0 unspecified atom stereocenters. The van der Waals surface area contributed by atoms with Gasteiger partial charge in [0.25, 0.3) is 0 Å². The summed E-state index contributed by atoms with van der Waals surface area (Å²) in [6.45, 7) is 0. The second-order valence-corrected chi connectivity index (χ2v) is 4.50. The standard InChI is InChI=1S/C14H12ClN3O2/c1-19-11-4-3-9(7-12(11)20-2)10-8-18-6-5-16-13(15)14(18)17-10/h3-8H,1-2H3. The molecule has 0 bridgehead atoms. The van der Waals surface area contributed by atoms with E-state index in [2.05, 4.69) is 9.97 Å². The van der Waals surface area contributed by atoms with E-state index in [1.807, 2.05) is 28.8 Å². The highest BCUT2D eigenvalue weighted by Crippen LogP contribution is 2.32. The number of nitrogens with zero attached hydrogens (tertiary/aromatic N) is 3. The van der Waals surface area contributed by atoms with Gasteiger partial charge in [0.1, 0.15) is 0 Å². The molecule has 3 rings (SSSR count). The quantitative estimate of drug-likeness (QED) is 0.743. The average Bonchev–Trinajstić information content (AvgIpc) is 2.92. The molecule has 0 atom stereocenters. The van der Waals surface area contributed by atoms with Crippen LogP contribution in [0.3, 0.4) is 0 Å². The molecule has 0 N–H and O–H groups in total. The van der Waals surface area contributed by atoms with E-state index in [1.54, 1.807) is 26.6 Å². The molecule has 2 aromatic heterocycles. The van der Waals surface area contributed by atoms with Crippen LogP contribution in [0.4, 0.5) is 0 Å². The van der Waals surface area contributed by atoms with Crippen LogP contribution in [0.25, 0.3) is 16.9 Å². The molecule has 0 saturated carbocycles. The van der Waals surface area contributed by atoms with Crippen LogP contribution in [0.15, 0.2) is 36.8 Å². The molecular weight excluding hydrogens is 278 g/mol. The smallest absolute Gasteiger partial charge is 0.175 e. The van der Waals surface area contributed by atoms with Gasteiger partial charge < -0.3 is 13.9 Å². The zero-order valence-corrected chi connectivity index (χ0v) is 11.8. The van der Waals surface area contributed by atoms with Gasteiger partial charge >= 0.3 is 0 Å². The fourth-order valence-corrected chi connectivity index (χ4v) is 2.22. The molecule has 0 aliphatic rings. The van der Waals surface area contributed by atoms with Gasteiger partial charge in [-0.25, -0.2) is 9.97 Å². The summed E-state index contributed by atoms with van der Waals surface area (Å²) in [4.78, 5) is 8.50. The van der Waals surface area contributed by atoms with E-state index < -0.39 is 0 Å². The van der Waals surface area contributed by atoms with Gasteiger partial charge in [-0.3, -0.25) is 0 Å². The topological polar surface area (TPSA) is 48.7 Å². The molecule has 0 saturated heterocycles. The summed E-state index contributed by atoms with van der Waals surface area (Å²) < 4.78 is 12.4. The molecule has 6 heteroatoms. The predicted octanol–water partition coefficient (Wildman–Crippen LogP) is 3.07. The molecule has 3 aromatic rings. The third-order valence-electron chi connectivity index (χ3n) is 3.01. The Kier molecular flexibility index (Phi) is 3.20. The van der Waals surface area contributed by atoms with Crippen LogP contribution in [0.2, 0.25) is 5.15 Å². The van der Waals surface area contributed by atoms with Crippen LogP contribution in [0, 0.1) is 0 Å². The first-order chi connectivity index (χ1) is 9.72. The Labute approximate surface area is 120 Å². The Morgan fingerprint density at radius 2 is 1.95 bits per heavy atom. The Balaban J connectivity index is 2.13. The molecule has 0 radical (unpaired) electrons. The van der Waals surface area contributed by atoms with Crippen molar-refractivity contribution < 1.29 is 9.47 Å². The number of hydrogen-bond donors (Lipinski definition) is 0. The van der Waals surface area contributed by atoms with Gasteiger partial charge in [0.2, 0.25) is 0 Å². The first-order valence-electron chi connectivity index (χ1n) is 5.94. The van der Waals surface area contributed by atoms with Gasteiger partial charge in [0.15, 0.2) is 22.3 Å². The van der Waals surface area contributed by atoms with Gasteiger partial charge in [-0.1, -0.05) is 11.6 Å². The molecule has 0 spiro atoms. The summed E-state index contributed by atoms with van der Waals surface area (Å²) >= 11 is 6.02. The van der Waals surface area contributed by atoms with E-state index in [0.717, 1.165) is 11.3 Å². The zero-order valence-electron chi connectivity index (χ0n) is 11.0. The predicted molar refractivity (Wildman–Crippen MR) is 76.5 cm³/mol. The molecule has 102 valence electrons. The highest BCUT2D eigenvalue weighted by Gasteiger charge is 2.10. The summed E-state index contributed by atoms with van der Waals surface area (Å²) in [7, 11) is 3.21. The van der Waals surface area contributed by atoms with Crippen LogP contribution in [0.1, 0.15) is 0 Å². The van der Waals surface area contributed by atoms with Crippen molar-refractivity contribution in [1.29, 1.82) is 0 Å². The maximum atomic E-state index is 6.02. The van der Waals surface area contributed by atoms with Crippen molar-refractivity contribution in [2.24, 2.45) is 0 Å².